The van der Waals surface area contributed by atoms with Crippen LogP contribution in [0.25, 0.3) is 11.3 Å². The molecule has 0 saturated heterocycles. The molecule has 0 aliphatic rings. The van der Waals surface area contributed by atoms with E-state index in [4.69, 9.17) is 17.3 Å². The largest absolute Gasteiger partial charge is 0.325 e. The van der Waals surface area contributed by atoms with E-state index in [0.29, 0.717) is 27.3 Å². The number of hydrogen-bond donors (Lipinski definition) is 1. The highest BCUT2D eigenvalue weighted by Gasteiger charge is 2.17. The quantitative estimate of drug-likeness (QED) is 0.924. The number of aromatic nitrogens is 2. The highest BCUT2D eigenvalue weighted by Crippen LogP contribution is 2.32. The monoisotopic (exact) mass is 317 g/mol. The fourth-order valence-corrected chi connectivity index (χ4v) is 2.49. The van der Waals surface area contributed by atoms with Crippen LogP contribution in [0.4, 0.5) is 4.39 Å². The molecule has 0 spiro atoms. The molecule has 3 nitrogen and oxygen atoms in total. The van der Waals surface area contributed by atoms with Crippen LogP contribution in [-0.2, 0) is 13.6 Å². The molecule has 2 rings (SSSR count). The van der Waals surface area contributed by atoms with Crippen LogP contribution in [0, 0.1) is 5.82 Å². The van der Waals surface area contributed by atoms with Gasteiger partial charge in [-0.1, -0.05) is 11.6 Å². The van der Waals surface area contributed by atoms with Crippen LogP contribution in [0.1, 0.15) is 5.69 Å². The predicted octanol–water partition coefficient (Wildman–Crippen LogP) is 3.10. The number of nitrogens with two attached hydrogens (primary N) is 1. The maximum absolute atomic E-state index is 13.7. The van der Waals surface area contributed by atoms with E-state index in [9.17, 15) is 4.39 Å². The number of hydrogen-bond acceptors (Lipinski definition) is 2. The molecule has 2 N–H and O–H groups in total. The number of nitrogens with zero attached hydrogens (tertiary/aromatic N) is 2. The van der Waals surface area contributed by atoms with Crippen molar-refractivity contribution in [3.63, 3.8) is 0 Å². The summed E-state index contributed by atoms with van der Waals surface area (Å²) in [6.07, 6.45) is 0. The van der Waals surface area contributed by atoms with Gasteiger partial charge >= 0.3 is 0 Å². The van der Waals surface area contributed by atoms with E-state index in [1.807, 2.05) is 0 Å². The van der Waals surface area contributed by atoms with Crippen molar-refractivity contribution in [2.24, 2.45) is 12.8 Å². The van der Waals surface area contributed by atoms with Gasteiger partial charge in [-0.15, -0.1) is 0 Å². The Bertz CT molecular complexity index is 568. The molecule has 90 valence electrons. The predicted molar refractivity (Wildman–Crippen MR) is 69.2 cm³/mol. The summed E-state index contributed by atoms with van der Waals surface area (Å²) in [5.41, 5.74) is 7.27. The summed E-state index contributed by atoms with van der Waals surface area (Å²) in [5.74, 6) is -0.364. The number of aryl methyl sites for hydroxylation is 1. The third kappa shape index (κ3) is 2.22. The second-order valence-corrected chi connectivity index (χ2v) is 4.79. The molecule has 0 bridgehead atoms. The van der Waals surface area contributed by atoms with E-state index in [2.05, 4.69) is 21.0 Å². The first kappa shape index (κ1) is 12.5. The van der Waals surface area contributed by atoms with Gasteiger partial charge < -0.3 is 5.73 Å². The average molecular weight is 319 g/mol. The zero-order chi connectivity index (χ0) is 12.6. The van der Waals surface area contributed by atoms with Crippen LogP contribution >= 0.6 is 27.5 Å². The molecule has 0 atom stereocenters. The molecule has 2 aromatic rings. The van der Waals surface area contributed by atoms with Crippen molar-refractivity contribution < 1.29 is 4.39 Å². The Morgan fingerprint density at radius 3 is 2.82 bits per heavy atom. The van der Waals surface area contributed by atoms with Gasteiger partial charge in [-0.05, 0) is 34.1 Å². The molecule has 6 heteroatoms. The summed E-state index contributed by atoms with van der Waals surface area (Å²) < 4.78 is 16.0. The Morgan fingerprint density at radius 2 is 2.24 bits per heavy atom. The molecule has 0 unspecified atom stereocenters. The molecule has 0 radical (unpaired) electrons. The first-order chi connectivity index (χ1) is 8.04. The molecular formula is C11H10BrClFN3. The zero-order valence-electron chi connectivity index (χ0n) is 9.04. The lowest BCUT2D eigenvalue weighted by molar-refractivity contribution is 0.629. The number of rotatable bonds is 2. The van der Waals surface area contributed by atoms with E-state index < -0.39 is 0 Å². The zero-order valence-corrected chi connectivity index (χ0v) is 11.4. The van der Waals surface area contributed by atoms with Gasteiger partial charge in [0.1, 0.15) is 11.5 Å². The van der Waals surface area contributed by atoms with Gasteiger partial charge in [0.15, 0.2) is 0 Å². The lowest BCUT2D eigenvalue weighted by Crippen LogP contribution is -2.04. The minimum atomic E-state index is -0.364. The van der Waals surface area contributed by atoms with Gasteiger partial charge in [-0.25, -0.2) is 4.39 Å². The summed E-state index contributed by atoms with van der Waals surface area (Å²) in [6.45, 7) is 0.326. The second-order valence-electron chi connectivity index (χ2n) is 3.56. The summed E-state index contributed by atoms with van der Waals surface area (Å²) >= 11 is 9.24. The van der Waals surface area contributed by atoms with Crippen molar-refractivity contribution in [1.82, 2.24) is 9.78 Å². The van der Waals surface area contributed by atoms with Crippen molar-refractivity contribution in [2.45, 2.75) is 6.54 Å². The minimum Gasteiger partial charge on any atom is -0.325 e. The van der Waals surface area contributed by atoms with Crippen LogP contribution in [-0.4, -0.2) is 9.78 Å². The topological polar surface area (TPSA) is 43.8 Å². The third-order valence-electron chi connectivity index (χ3n) is 2.48. The first-order valence-corrected chi connectivity index (χ1v) is 6.08. The van der Waals surface area contributed by atoms with Gasteiger partial charge in [-0.3, -0.25) is 4.68 Å². The summed E-state index contributed by atoms with van der Waals surface area (Å²) in [4.78, 5) is 0. The van der Waals surface area contributed by atoms with Gasteiger partial charge in [0.05, 0.1) is 10.2 Å². The summed E-state index contributed by atoms with van der Waals surface area (Å²) in [7, 11) is 1.76. The molecule has 0 amide bonds. The van der Waals surface area contributed by atoms with E-state index in [0.717, 1.165) is 5.69 Å². The van der Waals surface area contributed by atoms with Crippen LogP contribution < -0.4 is 5.73 Å². The van der Waals surface area contributed by atoms with Gasteiger partial charge in [0, 0.05) is 24.2 Å². The molecule has 0 saturated carbocycles. The molecule has 1 aromatic heterocycles. The Morgan fingerprint density at radius 1 is 1.53 bits per heavy atom. The van der Waals surface area contributed by atoms with Gasteiger partial charge in [-0.2, -0.15) is 5.10 Å². The Kier molecular flexibility index (Phi) is 3.51. The Labute approximate surface area is 112 Å². The lowest BCUT2D eigenvalue weighted by atomic mass is 10.1. The first-order valence-electron chi connectivity index (χ1n) is 4.91. The lowest BCUT2D eigenvalue weighted by Gasteiger charge is -2.01. The number of halogens is 3. The smallest absolute Gasteiger partial charge is 0.132 e. The molecule has 17 heavy (non-hydrogen) atoms. The second kappa shape index (κ2) is 4.76. The molecule has 0 aliphatic heterocycles. The normalized spacial score (nSPS) is 10.9. The summed E-state index contributed by atoms with van der Waals surface area (Å²) in [5, 5.41) is 4.71. The van der Waals surface area contributed by atoms with E-state index >= 15 is 0 Å². The SMILES string of the molecule is Cn1nc(-c2cc(Cl)ccc2F)c(Br)c1CN. The summed E-state index contributed by atoms with van der Waals surface area (Å²) in [6, 6.07) is 4.37. The van der Waals surface area contributed by atoms with Gasteiger partial charge in [0.2, 0.25) is 0 Å². The maximum Gasteiger partial charge on any atom is 0.132 e. The standard InChI is InChI=1S/C11H10BrClFN3/c1-17-9(5-15)10(12)11(16-17)7-4-6(13)2-3-8(7)14/h2-4H,5,15H2,1H3. The third-order valence-corrected chi connectivity index (χ3v) is 3.55. The molecule has 1 heterocycles. The fraction of sp³-hybridized carbons (Fsp3) is 0.182. The minimum absolute atomic E-state index is 0.326. The highest BCUT2D eigenvalue weighted by molar-refractivity contribution is 9.10. The maximum atomic E-state index is 13.7. The van der Waals surface area contributed by atoms with Crippen LogP contribution in [0.2, 0.25) is 5.02 Å². The van der Waals surface area contributed by atoms with Crippen molar-refractivity contribution in [1.29, 1.82) is 0 Å². The Balaban J connectivity index is 2.64. The number of benzene rings is 1. The van der Waals surface area contributed by atoms with E-state index in [-0.39, 0.29) is 5.82 Å². The molecule has 1 aromatic carbocycles. The molecule has 0 aliphatic carbocycles. The van der Waals surface area contributed by atoms with Crippen LogP contribution in [0.5, 0.6) is 0 Å². The highest BCUT2D eigenvalue weighted by atomic mass is 79.9. The molecule has 0 fully saturated rings. The van der Waals surface area contributed by atoms with Crippen molar-refractivity contribution in [3.05, 3.63) is 39.2 Å². The van der Waals surface area contributed by atoms with Crippen molar-refractivity contribution in [3.8, 4) is 11.3 Å². The van der Waals surface area contributed by atoms with Crippen LogP contribution in [0.15, 0.2) is 22.7 Å². The van der Waals surface area contributed by atoms with E-state index in [1.165, 1.54) is 12.1 Å². The van der Waals surface area contributed by atoms with Crippen molar-refractivity contribution in [2.75, 3.05) is 0 Å². The van der Waals surface area contributed by atoms with E-state index in [1.54, 1.807) is 17.8 Å². The van der Waals surface area contributed by atoms with Crippen molar-refractivity contribution >= 4 is 27.5 Å². The Hall–Kier alpha value is -0.910. The average Bonchev–Trinajstić information content (AvgIpc) is 2.57. The van der Waals surface area contributed by atoms with Crippen LogP contribution in [0.3, 0.4) is 0 Å². The molecular weight excluding hydrogens is 308 g/mol. The fourth-order valence-electron chi connectivity index (χ4n) is 1.61. The van der Waals surface area contributed by atoms with Gasteiger partial charge in [0.25, 0.3) is 0 Å².